The van der Waals surface area contributed by atoms with Crippen molar-refractivity contribution in [3.05, 3.63) is 63.0 Å². The van der Waals surface area contributed by atoms with Crippen molar-refractivity contribution in [2.24, 2.45) is 7.05 Å². The van der Waals surface area contributed by atoms with Crippen LogP contribution in [0.5, 0.6) is 0 Å². The Morgan fingerprint density at radius 3 is 2.72 bits per heavy atom. The average molecular weight is 354 g/mol. The van der Waals surface area contributed by atoms with Crippen LogP contribution >= 0.6 is 11.3 Å². The van der Waals surface area contributed by atoms with E-state index in [1.54, 1.807) is 23.6 Å². The highest BCUT2D eigenvalue weighted by atomic mass is 32.1. The third-order valence-electron chi connectivity index (χ3n) is 4.02. The lowest BCUT2D eigenvalue weighted by molar-refractivity contribution is 0.0461. The van der Waals surface area contributed by atoms with Gasteiger partial charge < -0.3 is 4.74 Å². The standard InChI is InChI=1S/C17H14N4O3S/c1-10-3-5-11(6-4-10)16(23)24-9-13-18-19-17-20(2)15(22)14-12(21(13)17)7-8-25-14/h3-8H,9H2,1-2H3. The number of fused-ring (bicyclic) bond motifs is 3. The first-order valence-electron chi connectivity index (χ1n) is 7.60. The quantitative estimate of drug-likeness (QED) is 0.528. The van der Waals surface area contributed by atoms with Crippen LogP contribution in [-0.2, 0) is 18.4 Å². The normalized spacial score (nSPS) is 11.3. The fraction of sp³-hybridized carbons (Fsp3) is 0.176. The summed E-state index contributed by atoms with van der Waals surface area (Å²) in [5.74, 6) is 0.454. The highest BCUT2D eigenvalue weighted by Crippen LogP contribution is 2.19. The summed E-state index contributed by atoms with van der Waals surface area (Å²) in [6, 6.07) is 8.99. The van der Waals surface area contributed by atoms with Crippen molar-refractivity contribution < 1.29 is 9.53 Å². The van der Waals surface area contributed by atoms with Gasteiger partial charge in [-0.2, -0.15) is 0 Å². The summed E-state index contributed by atoms with van der Waals surface area (Å²) in [6.07, 6.45) is 0. The minimum absolute atomic E-state index is 0.0307. The van der Waals surface area contributed by atoms with Gasteiger partial charge in [-0.15, -0.1) is 21.5 Å². The zero-order valence-electron chi connectivity index (χ0n) is 13.6. The monoisotopic (exact) mass is 354 g/mol. The third kappa shape index (κ3) is 2.51. The Kier molecular flexibility index (Phi) is 3.61. The molecule has 0 unspecified atom stereocenters. The molecule has 0 aliphatic carbocycles. The molecule has 3 heterocycles. The fourth-order valence-corrected chi connectivity index (χ4v) is 3.50. The van der Waals surface area contributed by atoms with E-state index in [0.717, 1.165) is 11.1 Å². The largest absolute Gasteiger partial charge is 0.454 e. The molecule has 7 nitrogen and oxygen atoms in total. The summed E-state index contributed by atoms with van der Waals surface area (Å²) >= 11 is 1.36. The Morgan fingerprint density at radius 1 is 1.20 bits per heavy atom. The van der Waals surface area contributed by atoms with Crippen LogP contribution in [0.2, 0.25) is 0 Å². The van der Waals surface area contributed by atoms with Gasteiger partial charge in [-0.05, 0) is 30.5 Å². The molecule has 126 valence electrons. The minimum atomic E-state index is -0.428. The van der Waals surface area contributed by atoms with Gasteiger partial charge in [0, 0.05) is 7.05 Å². The van der Waals surface area contributed by atoms with Crippen LogP contribution < -0.4 is 5.56 Å². The topological polar surface area (TPSA) is 78.5 Å². The number of nitrogens with zero attached hydrogens (tertiary/aromatic N) is 4. The van der Waals surface area contributed by atoms with Crippen LogP contribution in [0.4, 0.5) is 0 Å². The highest BCUT2D eigenvalue weighted by molar-refractivity contribution is 7.17. The first kappa shape index (κ1) is 15.5. The van der Waals surface area contributed by atoms with Crippen molar-refractivity contribution in [1.82, 2.24) is 19.2 Å². The maximum absolute atomic E-state index is 12.3. The summed E-state index contributed by atoms with van der Waals surface area (Å²) in [4.78, 5) is 24.5. The molecule has 0 radical (unpaired) electrons. The van der Waals surface area contributed by atoms with Gasteiger partial charge >= 0.3 is 5.97 Å². The molecular formula is C17H14N4O3S. The van der Waals surface area contributed by atoms with Gasteiger partial charge in [-0.25, -0.2) is 4.79 Å². The molecule has 0 bridgehead atoms. The SMILES string of the molecule is Cc1ccc(C(=O)OCc2nnc3n(C)c(=O)c4sccc4n23)cc1. The van der Waals surface area contributed by atoms with Crippen LogP contribution in [-0.4, -0.2) is 25.1 Å². The molecule has 25 heavy (non-hydrogen) atoms. The van der Waals surface area contributed by atoms with E-state index in [0.29, 0.717) is 21.9 Å². The van der Waals surface area contributed by atoms with Gasteiger partial charge in [0.15, 0.2) is 12.4 Å². The summed E-state index contributed by atoms with van der Waals surface area (Å²) in [5, 5.41) is 9.99. The number of carbonyl (C=O) groups excluding carboxylic acids is 1. The second kappa shape index (κ2) is 5.82. The van der Waals surface area contributed by atoms with Crippen molar-refractivity contribution in [3.8, 4) is 0 Å². The van der Waals surface area contributed by atoms with Gasteiger partial charge in [0.05, 0.1) is 11.1 Å². The van der Waals surface area contributed by atoms with Gasteiger partial charge in [0.1, 0.15) is 4.70 Å². The van der Waals surface area contributed by atoms with Crippen molar-refractivity contribution in [2.75, 3.05) is 0 Å². The minimum Gasteiger partial charge on any atom is -0.454 e. The lowest BCUT2D eigenvalue weighted by Crippen LogP contribution is -2.19. The number of rotatable bonds is 3. The maximum atomic E-state index is 12.3. The first-order valence-corrected chi connectivity index (χ1v) is 8.48. The molecule has 0 aliphatic rings. The molecule has 0 fully saturated rings. The van der Waals surface area contributed by atoms with E-state index in [9.17, 15) is 9.59 Å². The zero-order chi connectivity index (χ0) is 17.6. The predicted octanol–water partition coefficient (Wildman–Crippen LogP) is 2.31. The molecular weight excluding hydrogens is 340 g/mol. The van der Waals surface area contributed by atoms with E-state index in [4.69, 9.17) is 4.74 Å². The lowest BCUT2D eigenvalue weighted by Gasteiger charge is -2.06. The van der Waals surface area contributed by atoms with E-state index in [-0.39, 0.29) is 12.2 Å². The smallest absolute Gasteiger partial charge is 0.338 e. The molecule has 0 atom stereocenters. The van der Waals surface area contributed by atoms with Gasteiger partial charge in [-0.3, -0.25) is 13.8 Å². The van der Waals surface area contributed by atoms with Gasteiger partial charge in [0.25, 0.3) is 5.56 Å². The lowest BCUT2D eigenvalue weighted by atomic mass is 10.1. The Hall–Kier alpha value is -3.00. The molecule has 4 rings (SSSR count). The third-order valence-corrected chi connectivity index (χ3v) is 4.91. The number of thiophene rings is 1. The van der Waals surface area contributed by atoms with E-state index in [1.807, 2.05) is 30.5 Å². The molecule has 4 aromatic rings. The number of hydrogen-bond acceptors (Lipinski definition) is 6. The van der Waals surface area contributed by atoms with Gasteiger partial charge in [0.2, 0.25) is 5.78 Å². The van der Waals surface area contributed by atoms with Crippen LogP contribution in [0.3, 0.4) is 0 Å². The molecule has 1 aromatic carbocycles. The molecule has 0 N–H and O–H groups in total. The fourth-order valence-electron chi connectivity index (χ4n) is 2.65. The van der Waals surface area contributed by atoms with Crippen LogP contribution in [0.25, 0.3) is 16.0 Å². The van der Waals surface area contributed by atoms with E-state index < -0.39 is 5.97 Å². The summed E-state index contributed by atoms with van der Waals surface area (Å²) in [6.45, 7) is 1.92. The number of esters is 1. The molecule has 0 spiro atoms. The maximum Gasteiger partial charge on any atom is 0.338 e. The van der Waals surface area contributed by atoms with Crippen molar-refractivity contribution in [2.45, 2.75) is 13.5 Å². The highest BCUT2D eigenvalue weighted by Gasteiger charge is 2.17. The van der Waals surface area contributed by atoms with Crippen LogP contribution in [0.1, 0.15) is 21.7 Å². The molecule has 0 saturated carbocycles. The summed E-state index contributed by atoms with van der Waals surface area (Å²) in [5.41, 5.74) is 2.15. The zero-order valence-corrected chi connectivity index (χ0v) is 14.4. The van der Waals surface area contributed by atoms with Gasteiger partial charge in [-0.1, -0.05) is 17.7 Å². The van der Waals surface area contributed by atoms with Crippen LogP contribution in [0, 0.1) is 6.92 Å². The molecule has 0 amide bonds. The average Bonchev–Trinajstić information content (AvgIpc) is 3.25. The Balaban J connectivity index is 1.69. The Morgan fingerprint density at radius 2 is 1.96 bits per heavy atom. The predicted molar refractivity (Wildman–Crippen MR) is 93.9 cm³/mol. The molecule has 0 aliphatic heterocycles. The number of aromatic nitrogens is 4. The molecule has 8 heteroatoms. The van der Waals surface area contributed by atoms with Crippen LogP contribution in [0.15, 0.2) is 40.5 Å². The second-order valence-electron chi connectivity index (χ2n) is 5.69. The van der Waals surface area contributed by atoms with E-state index >= 15 is 0 Å². The summed E-state index contributed by atoms with van der Waals surface area (Å²) in [7, 11) is 1.65. The van der Waals surface area contributed by atoms with Crippen molar-refractivity contribution in [1.29, 1.82) is 0 Å². The summed E-state index contributed by atoms with van der Waals surface area (Å²) < 4.78 is 9.17. The van der Waals surface area contributed by atoms with Crippen molar-refractivity contribution >= 4 is 33.3 Å². The number of hydrogen-bond donors (Lipinski definition) is 0. The molecule has 0 saturated heterocycles. The molecule has 3 aromatic heterocycles. The number of carbonyl (C=O) groups is 1. The Labute approximate surface area is 146 Å². The second-order valence-corrected chi connectivity index (χ2v) is 6.61. The number of aryl methyl sites for hydroxylation is 2. The van der Waals surface area contributed by atoms with E-state index in [1.165, 1.54) is 15.9 Å². The van der Waals surface area contributed by atoms with E-state index in [2.05, 4.69) is 10.2 Å². The number of benzene rings is 1. The first-order chi connectivity index (χ1) is 12.1. The number of ether oxygens (including phenoxy) is 1. The Bertz CT molecular complexity index is 1150. The van der Waals surface area contributed by atoms with Crippen molar-refractivity contribution in [3.63, 3.8) is 0 Å².